The zero-order valence-corrected chi connectivity index (χ0v) is 21.7. The summed E-state index contributed by atoms with van der Waals surface area (Å²) in [4.78, 5) is 20.1. The first kappa shape index (κ1) is 33.8. The normalized spacial score (nSPS) is 10.0. The van der Waals surface area contributed by atoms with Gasteiger partial charge in [0.25, 0.3) is 0 Å². The summed E-state index contributed by atoms with van der Waals surface area (Å²) in [5.41, 5.74) is 0. The van der Waals surface area contributed by atoms with Crippen LogP contribution in [-0.4, -0.2) is 49.7 Å². The molecule has 0 aromatic rings. The van der Waals surface area contributed by atoms with Crippen LogP contribution in [0.5, 0.6) is 0 Å². The van der Waals surface area contributed by atoms with Crippen LogP contribution in [-0.2, 0) is 9.59 Å². The Morgan fingerprint density at radius 3 is 0.862 bits per heavy atom. The monoisotopic (exact) mass is 438 g/mol. The van der Waals surface area contributed by atoms with Gasteiger partial charge in [-0.05, 0) is 25.7 Å². The van der Waals surface area contributed by atoms with Crippen molar-refractivity contribution in [1.82, 2.24) is 0 Å². The zero-order valence-electron chi connectivity index (χ0n) is 19.5. The Balaban J connectivity index is -0.000000525. The van der Waals surface area contributed by atoms with E-state index in [4.69, 9.17) is 0 Å². The van der Waals surface area contributed by atoms with Crippen molar-refractivity contribution in [2.75, 3.05) is 0 Å². The van der Waals surface area contributed by atoms with Gasteiger partial charge in [0.2, 0.25) is 0 Å². The Morgan fingerprint density at radius 2 is 0.655 bits per heavy atom. The minimum absolute atomic E-state index is 0. The summed E-state index contributed by atoms with van der Waals surface area (Å²) in [6, 6.07) is 0. The average Bonchev–Trinajstić information content (AvgIpc) is 2.65. The van der Waals surface area contributed by atoms with Gasteiger partial charge in [-0.25, -0.2) is 0 Å². The molecule has 0 fully saturated rings. The summed E-state index contributed by atoms with van der Waals surface area (Å²) >= 11 is 0. The molecule has 0 spiro atoms. The maximum atomic E-state index is 10.2. The SMILES string of the molecule is CCCCCCCC(=O)[O-].CCCCCCCCCCCCCCCC(=O)[O-].[Ca+2]. The summed E-state index contributed by atoms with van der Waals surface area (Å²) in [7, 11) is 0. The third-order valence-electron chi connectivity index (χ3n) is 4.97. The fourth-order valence-corrected chi connectivity index (χ4v) is 3.16. The molecule has 0 aliphatic heterocycles. The van der Waals surface area contributed by atoms with Crippen molar-refractivity contribution in [3.63, 3.8) is 0 Å². The van der Waals surface area contributed by atoms with E-state index in [1.807, 2.05) is 0 Å². The van der Waals surface area contributed by atoms with Crippen LogP contribution in [0.25, 0.3) is 0 Å². The zero-order chi connectivity index (χ0) is 21.3. The number of carbonyl (C=O) groups is 2. The van der Waals surface area contributed by atoms with Gasteiger partial charge in [-0.2, -0.15) is 0 Å². The third kappa shape index (κ3) is 39.3. The van der Waals surface area contributed by atoms with Crippen molar-refractivity contribution in [2.24, 2.45) is 0 Å². The van der Waals surface area contributed by atoms with E-state index < -0.39 is 11.9 Å². The first-order valence-electron chi connectivity index (χ1n) is 11.9. The first-order chi connectivity index (χ1) is 13.5. The number of carboxylic acids is 2. The molecule has 0 aliphatic carbocycles. The van der Waals surface area contributed by atoms with Crippen molar-refractivity contribution in [3.8, 4) is 0 Å². The molecule has 0 radical (unpaired) electrons. The van der Waals surface area contributed by atoms with Gasteiger partial charge < -0.3 is 19.8 Å². The Hall–Kier alpha value is 0.200. The van der Waals surface area contributed by atoms with Gasteiger partial charge in [0, 0.05) is 11.9 Å². The maximum Gasteiger partial charge on any atom is 2.00 e. The number of hydrogen-bond acceptors (Lipinski definition) is 4. The number of carbonyl (C=O) groups excluding carboxylic acids is 2. The molecular weight excluding hydrogens is 392 g/mol. The summed E-state index contributed by atoms with van der Waals surface area (Å²) in [5.74, 6) is -1.82. The van der Waals surface area contributed by atoms with Gasteiger partial charge in [-0.15, -0.1) is 0 Å². The minimum atomic E-state index is -0.920. The molecule has 0 unspecified atom stereocenters. The molecule has 0 amide bonds. The van der Waals surface area contributed by atoms with Crippen LogP contribution in [0.3, 0.4) is 0 Å². The number of carboxylic acid groups (broad SMARTS) is 2. The molecule has 4 nitrogen and oxygen atoms in total. The smallest absolute Gasteiger partial charge is 0.550 e. The second-order valence-corrected chi connectivity index (χ2v) is 7.90. The standard InChI is InChI=1S/C16H32O2.C8H16O2.Ca/c1-2-3-4-5-6-7-8-9-10-11-12-13-14-15-16(17)18;1-2-3-4-5-6-7-8(9)10;/h2-15H2,1H3,(H,17,18);2-7H2,1H3,(H,9,10);/q;;+2/p-2. The van der Waals surface area contributed by atoms with E-state index in [1.165, 1.54) is 83.5 Å². The Kier molecular flexibility index (Phi) is 35.5. The molecule has 0 saturated heterocycles. The number of unbranched alkanes of at least 4 members (excludes halogenated alkanes) is 16. The Labute approximate surface area is 210 Å². The van der Waals surface area contributed by atoms with Crippen molar-refractivity contribution in [3.05, 3.63) is 0 Å². The summed E-state index contributed by atoms with van der Waals surface area (Å²) in [6.07, 6.45) is 22.5. The van der Waals surface area contributed by atoms with Gasteiger partial charge in [0.05, 0.1) is 0 Å². The average molecular weight is 439 g/mol. The van der Waals surface area contributed by atoms with Gasteiger partial charge in [-0.3, -0.25) is 0 Å². The Bertz CT molecular complexity index is 335. The van der Waals surface area contributed by atoms with Crippen molar-refractivity contribution in [2.45, 2.75) is 142 Å². The van der Waals surface area contributed by atoms with Crippen LogP contribution in [0.15, 0.2) is 0 Å². The van der Waals surface area contributed by atoms with Crippen LogP contribution in [0.4, 0.5) is 0 Å². The van der Waals surface area contributed by atoms with Crippen LogP contribution in [0.1, 0.15) is 142 Å². The molecule has 0 aromatic heterocycles. The van der Waals surface area contributed by atoms with Crippen LogP contribution >= 0.6 is 0 Å². The van der Waals surface area contributed by atoms with Gasteiger partial charge >= 0.3 is 37.7 Å². The fraction of sp³-hybridized carbons (Fsp3) is 0.917. The predicted octanol–water partition coefficient (Wildman–Crippen LogP) is 4.93. The summed E-state index contributed by atoms with van der Waals surface area (Å²) < 4.78 is 0. The van der Waals surface area contributed by atoms with Crippen LogP contribution in [0, 0.1) is 0 Å². The summed E-state index contributed by atoms with van der Waals surface area (Å²) in [5, 5.41) is 20.1. The van der Waals surface area contributed by atoms with Crippen molar-refractivity contribution in [1.29, 1.82) is 0 Å². The first-order valence-corrected chi connectivity index (χ1v) is 11.9. The van der Waals surface area contributed by atoms with Gasteiger partial charge in [-0.1, -0.05) is 117 Å². The minimum Gasteiger partial charge on any atom is -0.550 e. The molecule has 0 N–H and O–H groups in total. The van der Waals surface area contributed by atoms with E-state index in [9.17, 15) is 19.8 Å². The fourth-order valence-electron chi connectivity index (χ4n) is 3.16. The van der Waals surface area contributed by atoms with Crippen molar-refractivity contribution >= 4 is 49.7 Å². The molecule has 0 heterocycles. The molecule has 0 aromatic carbocycles. The van der Waals surface area contributed by atoms with E-state index >= 15 is 0 Å². The van der Waals surface area contributed by atoms with Crippen molar-refractivity contribution < 1.29 is 19.8 Å². The van der Waals surface area contributed by atoms with Gasteiger partial charge in [0.15, 0.2) is 0 Å². The number of rotatable bonds is 20. The van der Waals surface area contributed by atoms with Gasteiger partial charge in [0.1, 0.15) is 0 Å². The summed E-state index contributed by atoms with van der Waals surface area (Å²) in [6.45, 7) is 4.39. The van der Waals surface area contributed by atoms with E-state index in [0.717, 1.165) is 32.1 Å². The second kappa shape index (κ2) is 30.4. The molecule has 5 heteroatoms. The molecule has 0 rings (SSSR count). The van der Waals surface area contributed by atoms with E-state index in [-0.39, 0.29) is 50.6 Å². The van der Waals surface area contributed by atoms with Crippen LogP contribution in [0.2, 0.25) is 0 Å². The topological polar surface area (TPSA) is 80.3 Å². The quantitative estimate of drug-likeness (QED) is 0.199. The number of hydrogen-bond donors (Lipinski definition) is 0. The molecule has 0 saturated carbocycles. The molecule has 29 heavy (non-hydrogen) atoms. The van der Waals surface area contributed by atoms with Crippen LogP contribution < -0.4 is 10.2 Å². The molecule has 0 aliphatic rings. The third-order valence-corrected chi connectivity index (χ3v) is 4.97. The Morgan fingerprint density at radius 1 is 0.448 bits per heavy atom. The molecular formula is C24H46CaO4. The van der Waals surface area contributed by atoms with E-state index in [2.05, 4.69) is 13.8 Å². The van der Waals surface area contributed by atoms with E-state index in [1.54, 1.807) is 0 Å². The van der Waals surface area contributed by atoms with E-state index in [0.29, 0.717) is 0 Å². The number of aliphatic carboxylic acids is 2. The molecule has 168 valence electrons. The molecule has 0 bridgehead atoms. The maximum absolute atomic E-state index is 10.2. The largest absolute Gasteiger partial charge is 2.00 e. The molecule has 0 atom stereocenters. The second-order valence-electron chi connectivity index (χ2n) is 7.90. The predicted molar refractivity (Wildman–Crippen MR) is 119 cm³/mol.